The smallest absolute Gasteiger partial charge is 0.107 e. The Morgan fingerprint density at radius 2 is 2.42 bits per heavy atom. The molecule has 0 radical (unpaired) electrons. The maximum Gasteiger partial charge on any atom is 0.107 e. The van der Waals surface area contributed by atoms with Gasteiger partial charge in [-0.3, -0.25) is 0 Å². The summed E-state index contributed by atoms with van der Waals surface area (Å²) < 4.78 is 10.8. The van der Waals surface area contributed by atoms with Gasteiger partial charge in [0.1, 0.15) is 6.10 Å². The molecule has 0 aliphatic carbocycles. The minimum atomic E-state index is -0.329. The predicted molar refractivity (Wildman–Crippen MR) is 53.5 cm³/mol. The summed E-state index contributed by atoms with van der Waals surface area (Å²) in [6.07, 6.45) is 0.501. The topological polar surface area (TPSA) is 38.7 Å². The van der Waals surface area contributed by atoms with Crippen molar-refractivity contribution in [2.45, 2.75) is 31.7 Å². The largest absolute Gasteiger partial charge is 0.390 e. The lowest BCUT2D eigenvalue weighted by molar-refractivity contribution is -0.00742. The van der Waals surface area contributed by atoms with Crippen LogP contribution in [0.15, 0.2) is 0 Å². The monoisotopic (exact) mass is 210 g/mol. The van der Waals surface area contributed by atoms with Crippen LogP contribution in [0, 0.1) is 0 Å². The molecule has 3 nitrogen and oxygen atoms in total. The van der Waals surface area contributed by atoms with E-state index in [1.807, 2.05) is 6.92 Å². The Morgan fingerprint density at radius 3 is 2.92 bits per heavy atom. The molecule has 2 unspecified atom stereocenters. The third kappa shape index (κ3) is 3.24. The van der Waals surface area contributed by atoms with Crippen molar-refractivity contribution in [3.8, 4) is 0 Å². The summed E-state index contributed by atoms with van der Waals surface area (Å²) in [5.41, 5.74) is 0. The molecule has 0 amide bonds. The van der Waals surface area contributed by atoms with E-state index in [9.17, 15) is 5.11 Å². The van der Waals surface area contributed by atoms with E-state index in [2.05, 4.69) is 6.66 Å². The standard InChI is InChI=1S/C7H16O3P2/c1-5-3-6(8)7(10-5)4-9-12-11-2/h5-8,11-12H,3-4H2,1-2H3/t5-,6+,7+/m0/s1. The molecule has 0 spiro atoms. The maximum atomic E-state index is 9.46. The molecule has 1 aliphatic heterocycles. The number of hydrogen-bond donors (Lipinski definition) is 1. The Kier molecular flexibility index (Phi) is 4.93. The van der Waals surface area contributed by atoms with E-state index >= 15 is 0 Å². The minimum absolute atomic E-state index is 0.0937. The van der Waals surface area contributed by atoms with Gasteiger partial charge < -0.3 is 14.4 Å². The molecular weight excluding hydrogens is 194 g/mol. The van der Waals surface area contributed by atoms with Gasteiger partial charge in [-0.05, 0) is 13.6 Å². The van der Waals surface area contributed by atoms with Crippen LogP contribution >= 0.6 is 16.8 Å². The highest BCUT2D eigenvalue weighted by Gasteiger charge is 2.31. The van der Waals surface area contributed by atoms with Crippen LogP contribution in [0.25, 0.3) is 0 Å². The second kappa shape index (κ2) is 5.47. The third-order valence-corrected chi connectivity index (χ3v) is 3.39. The summed E-state index contributed by atoms with van der Waals surface area (Å²) >= 11 is 0. The van der Waals surface area contributed by atoms with Gasteiger partial charge in [0.15, 0.2) is 0 Å². The molecule has 1 rings (SSSR count). The lowest BCUT2D eigenvalue weighted by Gasteiger charge is -2.13. The van der Waals surface area contributed by atoms with E-state index in [1.54, 1.807) is 0 Å². The predicted octanol–water partition coefficient (Wildman–Crippen LogP) is 1.36. The first kappa shape index (κ1) is 10.8. The number of rotatable bonds is 4. The van der Waals surface area contributed by atoms with Crippen molar-refractivity contribution in [1.29, 1.82) is 0 Å². The molecular formula is C7H16O3P2. The van der Waals surface area contributed by atoms with Gasteiger partial charge >= 0.3 is 0 Å². The summed E-state index contributed by atoms with van der Waals surface area (Å²) in [7, 11) is 1.39. The molecule has 1 aliphatic rings. The van der Waals surface area contributed by atoms with Gasteiger partial charge in [-0.15, -0.1) is 0 Å². The molecule has 0 saturated carbocycles. The molecule has 0 aromatic heterocycles. The molecule has 1 N–H and O–H groups in total. The van der Waals surface area contributed by atoms with Crippen LogP contribution in [-0.2, 0) is 9.26 Å². The van der Waals surface area contributed by atoms with E-state index in [0.29, 0.717) is 15.1 Å². The van der Waals surface area contributed by atoms with Crippen LogP contribution in [-0.4, -0.2) is 36.7 Å². The fourth-order valence-electron chi connectivity index (χ4n) is 1.28. The second-order valence-corrected chi connectivity index (χ2v) is 6.06. The molecule has 12 heavy (non-hydrogen) atoms. The third-order valence-electron chi connectivity index (χ3n) is 1.83. The van der Waals surface area contributed by atoms with E-state index in [1.165, 1.54) is 0 Å². The summed E-state index contributed by atoms with van der Waals surface area (Å²) in [4.78, 5) is 0. The van der Waals surface area contributed by atoms with Crippen molar-refractivity contribution in [2.24, 2.45) is 0 Å². The average Bonchev–Trinajstić information content (AvgIpc) is 2.31. The van der Waals surface area contributed by atoms with Gasteiger partial charge in [-0.1, -0.05) is 8.27 Å². The second-order valence-electron chi connectivity index (χ2n) is 2.95. The summed E-state index contributed by atoms with van der Waals surface area (Å²) in [6, 6.07) is 0. The van der Waals surface area contributed by atoms with E-state index in [-0.39, 0.29) is 18.3 Å². The zero-order chi connectivity index (χ0) is 8.97. The highest BCUT2D eigenvalue weighted by atomic mass is 32.0. The summed E-state index contributed by atoms with van der Waals surface area (Å²) in [6.45, 7) is 4.63. The molecule has 0 bridgehead atoms. The first-order valence-corrected chi connectivity index (χ1v) is 7.52. The van der Waals surface area contributed by atoms with Crippen molar-refractivity contribution < 1.29 is 14.4 Å². The molecule has 1 saturated heterocycles. The lowest BCUT2D eigenvalue weighted by Crippen LogP contribution is -2.25. The Morgan fingerprint density at radius 1 is 1.67 bits per heavy atom. The summed E-state index contributed by atoms with van der Waals surface area (Å²) in [5, 5.41) is 9.46. The first-order chi connectivity index (χ1) is 5.74. The zero-order valence-corrected chi connectivity index (χ0v) is 9.41. The lowest BCUT2D eigenvalue weighted by atomic mass is 10.1. The summed E-state index contributed by atoms with van der Waals surface area (Å²) in [5.74, 6) is 0. The molecule has 5 heteroatoms. The first-order valence-electron chi connectivity index (χ1n) is 4.11. The fraction of sp³-hybridized carbons (Fsp3) is 1.00. The number of aliphatic hydroxyl groups is 1. The van der Waals surface area contributed by atoms with E-state index in [0.717, 1.165) is 14.7 Å². The van der Waals surface area contributed by atoms with Gasteiger partial charge in [0.05, 0.1) is 18.8 Å². The molecule has 1 heterocycles. The van der Waals surface area contributed by atoms with Gasteiger partial charge in [-0.25, -0.2) is 0 Å². The quantitative estimate of drug-likeness (QED) is 0.562. The van der Waals surface area contributed by atoms with Gasteiger partial charge in [0.25, 0.3) is 0 Å². The van der Waals surface area contributed by atoms with E-state index < -0.39 is 0 Å². The van der Waals surface area contributed by atoms with Crippen molar-refractivity contribution in [3.05, 3.63) is 0 Å². The molecule has 1 fully saturated rings. The van der Waals surface area contributed by atoms with Crippen molar-refractivity contribution in [3.63, 3.8) is 0 Å². The van der Waals surface area contributed by atoms with Crippen molar-refractivity contribution >= 4 is 16.8 Å². The zero-order valence-electron chi connectivity index (χ0n) is 7.41. The van der Waals surface area contributed by atoms with Gasteiger partial charge in [0, 0.05) is 14.9 Å². The Labute approximate surface area is 76.8 Å². The van der Waals surface area contributed by atoms with Crippen molar-refractivity contribution in [1.82, 2.24) is 0 Å². The van der Waals surface area contributed by atoms with Crippen LogP contribution in [0.2, 0.25) is 0 Å². The molecule has 72 valence electrons. The van der Waals surface area contributed by atoms with Gasteiger partial charge in [0.2, 0.25) is 0 Å². The number of hydrogen-bond acceptors (Lipinski definition) is 3. The number of aliphatic hydroxyl groups excluding tert-OH is 1. The number of ether oxygens (including phenoxy) is 1. The van der Waals surface area contributed by atoms with Crippen LogP contribution < -0.4 is 0 Å². The highest BCUT2D eigenvalue weighted by molar-refractivity contribution is 8.09. The molecule has 5 atom stereocenters. The van der Waals surface area contributed by atoms with Gasteiger partial charge in [-0.2, -0.15) is 0 Å². The van der Waals surface area contributed by atoms with E-state index in [4.69, 9.17) is 9.26 Å². The fourth-order valence-corrected chi connectivity index (χ4v) is 2.36. The van der Waals surface area contributed by atoms with Crippen LogP contribution in [0.4, 0.5) is 0 Å². The van der Waals surface area contributed by atoms with Crippen LogP contribution in [0.3, 0.4) is 0 Å². The minimum Gasteiger partial charge on any atom is -0.390 e. The normalized spacial score (nSPS) is 37.8. The average molecular weight is 210 g/mol. The molecule has 0 aromatic rings. The Bertz CT molecular complexity index is 134. The Balaban J connectivity index is 2.15. The Hall–Kier alpha value is 0.740. The van der Waals surface area contributed by atoms with Crippen LogP contribution in [0.5, 0.6) is 0 Å². The SMILES string of the molecule is CPPOC[C@H]1O[C@@H](C)C[C@H]1O. The maximum absolute atomic E-state index is 9.46. The molecule has 0 aromatic carbocycles. The van der Waals surface area contributed by atoms with Crippen molar-refractivity contribution in [2.75, 3.05) is 13.3 Å². The highest BCUT2D eigenvalue weighted by Crippen LogP contribution is 2.34. The van der Waals surface area contributed by atoms with Crippen LogP contribution in [0.1, 0.15) is 13.3 Å².